The minimum Gasteiger partial charge on any atom is -0.277 e. The highest BCUT2D eigenvalue weighted by Crippen LogP contribution is 2.17. The van der Waals surface area contributed by atoms with Crippen molar-refractivity contribution in [3.63, 3.8) is 0 Å². The normalized spacial score (nSPS) is 20.8. The zero-order chi connectivity index (χ0) is 9.97. The van der Waals surface area contributed by atoms with Gasteiger partial charge >= 0.3 is 0 Å². The van der Waals surface area contributed by atoms with Crippen molar-refractivity contribution in [2.75, 3.05) is 0 Å². The smallest absolute Gasteiger partial charge is 0.230 e. The Morgan fingerprint density at radius 1 is 1.43 bits per heavy atom. The van der Waals surface area contributed by atoms with Gasteiger partial charge in [-0.25, -0.2) is 5.01 Å². The summed E-state index contributed by atoms with van der Waals surface area (Å²) in [5.74, 6) is 0. The molecule has 1 aromatic rings. The molecule has 0 saturated carbocycles. The van der Waals surface area contributed by atoms with Crippen LogP contribution in [0.15, 0.2) is 35.4 Å². The number of nitrogens with zero attached hydrogens (tertiary/aromatic N) is 2. The molecule has 3 heteroatoms. The summed E-state index contributed by atoms with van der Waals surface area (Å²) in [5.41, 5.74) is 2.09. The highest BCUT2D eigenvalue weighted by molar-refractivity contribution is 6.02. The maximum absolute atomic E-state index is 10.6. The Hall–Kier alpha value is -1.64. The van der Waals surface area contributed by atoms with Crippen molar-refractivity contribution >= 4 is 12.1 Å². The first kappa shape index (κ1) is 8.94. The lowest BCUT2D eigenvalue weighted by Crippen LogP contribution is -2.21. The molecule has 14 heavy (non-hydrogen) atoms. The molecule has 3 nitrogen and oxygen atoms in total. The highest BCUT2D eigenvalue weighted by atomic mass is 16.1. The van der Waals surface area contributed by atoms with Gasteiger partial charge in [0.15, 0.2) is 0 Å². The molecule has 0 spiro atoms. The van der Waals surface area contributed by atoms with E-state index in [2.05, 4.69) is 5.10 Å². The summed E-state index contributed by atoms with van der Waals surface area (Å²) in [6, 6.07) is 10.1. The van der Waals surface area contributed by atoms with Crippen molar-refractivity contribution in [1.82, 2.24) is 5.01 Å². The molecule has 0 aliphatic carbocycles. The van der Waals surface area contributed by atoms with Crippen molar-refractivity contribution in [3.8, 4) is 0 Å². The van der Waals surface area contributed by atoms with Gasteiger partial charge in [-0.3, -0.25) is 4.79 Å². The molecule has 0 unspecified atom stereocenters. The number of amides is 1. The van der Waals surface area contributed by atoms with Gasteiger partial charge in [-0.05, 0) is 12.5 Å². The third-order valence-corrected chi connectivity index (χ3v) is 2.39. The third kappa shape index (κ3) is 1.53. The lowest BCUT2D eigenvalue weighted by atomic mass is 10.1. The fourth-order valence-electron chi connectivity index (χ4n) is 1.59. The molecule has 1 amide bonds. The Labute approximate surface area is 83.0 Å². The first-order valence-corrected chi connectivity index (χ1v) is 4.68. The van der Waals surface area contributed by atoms with Crippen LogP contribution in [0.5, 0.6) is 0 Å². The van der Waals surface area contributed by atoms with E-state index in [1.54, 1.807) is 0 Å². The summed E-state index contributed by atoms with van der Waals surface area (Å²) in [4.78, 5) is 10.6. The van der Waals surface area contributed by atoms with Crippen LogP contribution in [0.25, 0.3) is 0 Å². The SMILES string of the molecule is C[C@H]1CC(c2ccccc2)=NN1C=O. The van der Waals surface area contributed by atoms with Gasteiger partial charge in [0.1, 0.15) is 0 Å². The molecule has 1 aromatic carbocycles. The molecule has 1 heterocycles. The van der Waals surface area contributed by atoms with E-state index in [1.807, 2.05) is 37.3 Å². The van der Waals surface area contributed by atoms with Crippen LogP contribution in [0.2, 0.25) is 0 Å². The first-order chi connectivity index (χ1) is 6.81. The van der Waals surface area contributed by atoms with Crippen LogP contribution in [0.1, 0.15) is 18.9 Å². The maximum Gasteiger partial charge on any atom is 0.230 e. The molecule has 0 fully saturated rings. The number of carbonyl (C=O) groups is 1. The predicted molar refractivity (Wildman–Crippen MR) is 55.0 cm³/mol. The second-order valence-corrected chi connectivity index (χ2v) is 3.45. The van der Waals surface area contributed by atoms with Crippen LogP contribution in [0.4, 0.5) is 0 Å². The fraction of sp³-hybridized carbons (Fsp3) is 0.273. The molecule has 0 radical (unpaired) electrons. The van der Waals surface area contributed by atoms with Gasteiger partial charge in [0.2, 0.25) is 6.41 Å². The number of benzene rings is 1. The molecule has 0 N–H and O–H groups in total. The summed E-state index contributed by atoms with van der Waals surface area (Å²) in [6.07, 6.45) is 1.61. The van der Waals surface area contributed by atoms with Gasteiger partial charge in [0, 0.05) is 6.42 Å². The third-order valence-electron chi connectivity index (χ3n) is 2.39. The molecule has 0 bridgehead atoms. The number of carbonyl (C=O) groups excluding carboxylic acids is 1. The minimum atomic E-state index is 0.183. The summed E-state index contributed by atoms with van der Waals surface area (Å²) < 4.78 is 0. The molecule has 72 valence electrons. The Morgan fingerprint density at radius 2 is 2.14 bits per heavy atom. The Morgan fingerprint density at radius 3 is 2.71 bits per heavy atom. The predicted octanol–water partition coefficient (Wildman–Crippen LogP) is 1.64. The summed E-state index contributed by atoms with van der Waals surface area (Å²) in [5, 5.41) is 5.71. The molecule has 0 saturated heterocycles. The zero-order valence-electron chi connectivity index (χ0n) is 8.05. The van der Waals surface area contributed by atoms with E-state index in [4.69, 9.17) is 0 Å². The van der Waals surface area contributed by atoms with Crippen LogP contribution >= 0.6 is 0 Å². The van der Waals surface area contributed by atoms with E-state index < -0.39 is 0 Å². The number of hydrogen-bond donors (Lipinski definition) is 0. The average molecular weight is 188 g/mol. The van der Waals surface area contributed by atoms with E-state index in [1.165, 1.54) is 5.01 Å². The van der Waals surface area contributed by atoms with E-state index in [-0.39, 0.29) is 6.04 Å². The van der Waals surface area contributed by atoms with Gasteiger partial charge in [-0.1, -0.05) is 30.3 Å². The van der Waals surface area contributed by atoms with Gasteiger partial charge in [0.25, 0.3) is 0 Å². The Bertz CT molecular complexity index is 359. The van der Waals surface area contributed by atoms with Crippen LogP contribution in [-0.2, 0) is 4.79 Å². The Balaban J connectivity index is 2.26. The van der Waals surface area contributed by atoms with Crippen molar-refractivity contribution in [1.29, 1.82) is 0 Å². The van der Waals surface area contributed by atoms with E-state index in [9.17, 15) is 4.79 Å². The molecular formula is C11H12N2O. The number of hydrogen-bond acceptors (Lipinski definition) is 2. The molecule has 1 atom stereocenters. The lowest BCUT2D eigenvalue weighted by molar-refractivity contribution is -0.119. The molecule has 1 aliphatic rings. The van der Waals surface area contributed by atoms with Gasteiger partial charge < -0.3 is 0 Å². The first-order valence-electron chi connectivity index (χ1n) is 4.68. The Kier molecular flexibility index (Phi) is 2.31. The lowest BCUT2D eigenvalue weighted by Gasteiger charge is -2.09. The van der Waals surface area contributed by atoms with Gasteiger partial charge in [0.05, 0.1) is 11.8 Å². The zero-order valence-corrected chi connectivity index (χ0v) is 8.05. The van der Waals surface area contributed by atoms with Gasteiger partial charge in [-0.2, -0.15) is 5.10 Å². The summed E-state index contributed by atoms with van der Waals surface area (Å²) in [7, 11) is 0. The number of hydrazone groups is 1. The summed E-state index contributed by atoms with van der Waals surface area (Å²) >= 11 is 0. The van der Waals surface area contributed by atoms with Crippen molar-refractivity contribution in [3.05, 3.63) is 35.9 Å². The maximum atomic E-state index is 10.6. The largest absolute Gasteiger partial charge is 0.277 e. The van der Waals surface area contributed by atoms with Crippen LogP contribution in [0, 0.1) is 0 Å². The van der Waals surface area contributed by atoms with E-state index in [0.29, 0.717) is 0 Å². The van der Waals surface area contributed by atoms with E-state index in [0.717, 1.165) is 24.1 Å². The van der Waals surface area contributed by atoms with Crippen molar-refractivity contribution in [2.45, 2.75) is 19.4 Å². The topological polar surface area (TPSA) is 32.7 Å². The number of rotatable bonds is 2. The molecule has 1 aliphatic heterocycles. The van der Waals surface area contributed by atoms with E-state index >= 15 is 0 Å². The summed E-state index contributed by atoms with van der Waals surface area (Å²) in [6.45, 7) is 1.99. The highest BCUT2D eigenvalue weighted by Gasteiger charge is 2.22. The van der Waals surface area contributed by atoms with Crippen LogP contribution in [0.3, 0.4) is 0 Å². The fourth-order valence-corrected chi connectivity index (χ4v) is 1.59. The monoisotopic (exact) mass is 188 g/mol. The minimum absolute atomic E-state index is 0.183. The second-order valence-electron chi connectivity index (χ2n) is 3.45. The average Bonchev–Trinajstić information content (AvgIpc) is 2.61. The standard InChI is InChI=1S/C11H12N2O/c1-9-7-11(12-13(9)8-14)10-5-3-2-4-6-10/h2-6,8-9H,7H2,1H3/t9-/m0/s1. The molecule has 2 rings (SSSR count). The van der Waals surface area contributed by atoms with Gasteiger partial charge in [-0.15, -0.1) is 0 Å². The van der Waals surface area contributed by atoms with Crippen molar-refractivity contribution in [2.24, 2.45) is 5.10 Å². The van der Waals surface area contributed by atoms with Crippen LogP contribution in [-0.4, -0.2) is 23.2 Å². The van der Waals surface area contributed by atoms with Crippen LogP contribution < -0.4 is 0 Å². The molecule has 0 aromatic heterocycles. The van der Waals surface area contributed by atoms with Crippen molar-refractivity contribution < 1.29 is 4.79 Å². The quantitative estimate of drug-likeness (QED) is 0.649. The molecular weight excluding hydrogens is 176 g/mol. The second kappa shape index (κ2) is 3.62.